The fourth-order valence-electron chi connectivity index (χ4n) is 4.12. The monoisotopic (exact) mass is 575 g/mol. The Labute approximate surface area is 234 Å². The molecule has 1 atom stereocenters. The van der Waals surface area contributed by atoms with E-state index in [0.29, 0.717) is 33.4 Å². The summed E-state index contributed by atoms with van der Waals surface area (Å²) in [4.78, 5) is 28.7. The van der Waals surface area contributed by atoms with Gasteiger partial charge in [-0.05, 0) is 54.8 Å². The molecule has 1 unspecified atom stereocenters. The third-order valence-corrected chi connectivity index (χ3v) is 7.58. The second-order valence-electron chi connectivity index (χ2n) is 8.95. The van der Waals surface area contributed by atoms with E-state index in [1.807, 2.05) is 30.3 Å². The molecule has 3 aromatic rings. The van der Waals surface area contributed by atoms with Crippen molar-refractivity contribution < 1.29 is 18.0 Å². The van der Waals surface area contributed by atoms with E-state index in [1.165, 1.54) is 11.0 Å². The van der Waals surface area contributed by atoms with Crippen LogP contribution in [0.3, 0.4) is 0 Å². The summed E-state index contributed by atoms with van der Waals surface area (Å²) >= 11 is 12.4. The van der Waals surface area contributed by atoms with Crippen molar-refractivity contribution in [2.24, 2.45) is 0 Å². The van der Waals surface area contributed by atoms with Crippen LogP contribution in [0.15, 0.2) is 72.8 Å². The number of benzene rings is 3. The number of carbonyl (C=O) groups excluding carboxylic acids is 2. The van der Waals surface area contributed by atoms with Crippen molar-refractivity contribution in [1.29, 1.82) is 0 Å². The topological polar surface area (TPSA) is 86.8 Å². The molecule has 202 valence electrons. The van der Waals surface area contributed by atoms with Crippen LogP contribution in [0.4, 0.5) is 5.69 Å². The number of hydrogen-bond acceptors (Lipinski definition) is 4. The molecule has 38 heavy (non-hydrogen) atoms. The molecule has 0 aliphatic carbocycles. The predicted octanol–water partition coefficient (Wildman–Crippen LogP) is 4.84. The van der Waals surface area contributed by atoms with E-state index in [-0.39, 0.29) is 18.9 Å². The number of rotatable bonds is 11. The molecule has 2 amide bonds. The quantitative estimate of drug-likeness (QED) is 0.354. The number of likely N-dealkylation sites (N-methyl/N-ethyl adjacent to an activating group) is 1. The lowest BCUT2D eigenvalue weighted by Gasteiger charge is -2.33. The molecule has 0 fully saturated rings. The summed E-state index contributed by atoms with van der Waals surface area (Å²) in [5.74, 6) is -0.876. The average molecular weight is 577 g/mol. The van der Waals surface area contributed by atoms with E-state index in [9.17, 15) is 18.0 Å². The van der Waals surface area contributed by atoms with Gasteiger partial charge in [-0.25, -0.2) is 8.42 Å². The summed E-state index contributed by atoms with van der Waals surface area (Å²) in [6, 6.07) is 20.3. The van der Waals surface area contributed by atoms with Gasteiger partial charge in [0.2, 0.25) is 21.8 Å². The van der Waals surface area contributed by atoms with Crippen LogP contribution in [0.5, 0.6) is 0 Å². The third-order valence-electron chi connectivity index (χ3n) is 5.98. The number of carbonyl (C=O) groups is 2. The minimum Gasteiger partial charge on any atom is -0.355 e. The Bertz CT molecular complexity index is 1380. The van der Waals surface area contributed by atoms with Crippen LogP contribution < -0.4 is 9.62 Å². The van der Waals surface area contributed by atoms with Gasteiger partial charge < -0.3 is 10.2 Å². The Morgan fingerprint density at radius 1 is 0.921 bits per heavy atom. The number of sulfonamides is 1. The number of hydrogen-bond donors (Lipinski definition) is 1. The van der Waals surface area contributed by atoms with E-state index < -0.39 is 28.5 Å². The summed E-state index contributed by atoms with van der Waals surface area (Å²) in [6.07, 6.45) is 1.28. The molecule has 0 spiro atoms. The summed E-state index contributed by atoms with van der Waals surface area (Å²) in [5, 5.41) is 3.65. The van der Waals surface area contributed by atoms with Crippen LogP contribution in [-0.4, -0.2) is 50.5 Å². The van der Waals surface area contributed by atoms with Crippen molar-refractivity contribution in [1.82, 2.24) is 10.2 Å². The van der Waals surface area contributed by atoms with E-state index in [1.54, 1.807) is 50.2 Å². The molecule has 0 bridgehead atoms. The normalized spacial score (nSPS) is 12.0. The van der Waals surface area contributed by atoms with Gasteiger partial charge in [0.15, 0.2) is 0 Å². The maximum Gasteiger partial charge on any atom is 0.244 e. The van der Waals surface area contributed by atoms with Gasteiger partial charge >= 0.3 is 0 Å². The number of aryl methyl sites for hydroxylation is 1. The minimum atomic E-state index is -3.87. The van der Waals surface area contributed by atoms with Crippen molar-refractivity contribution in [2.75, 3.05) is 23.7 Å². The number of halogens is 2. The number of anilines is 1. The highest BCUT2D eigenvalue weighted by atomic mass is 35.5. The first-order valence-electron chi connectivity index (χ1n) is 12.1. The van der Waals surface area contributed by atoms with Crippen LogP contribution in [0, 0.1) is 6.92 Å². The van der Waals surface area contributed by atoms with E-state index in [4.69, 9.17) is 23.2 Å². The zero-order chi connectivity index (χ0) is 27.9. The standard InChI is InChI=1S/C28H31Cl2N3O4S/c1-4-31-28(35)26(16-21-9-6-5-7-10-21)32(18-22-11-8-12-23(29)15-22)27(34)19-33(38(3,36)37)25-17-24(30)14-13-20(25)2/h5-15,17,26H,4,16,18-19H2,1-3H3,(H,31,35). The number of nitrogens with zero attached hydrogens (tertiary/aromatic N) is 2. The fourth-order valence-corrected chi connectivity index (χ4v) is 5.40. The third kappa shape index (κ3) is 7.96. The highest BCUT2D eigenvalue weighted by molar-refractivity contribution is 7.92. The number of nitrogens with one attached hydrogen (secondary N) is 1. The number of amides is 2. The Kier molecular flexibility index (Phi) is 10.2. The summed E-state index contributed by atoms with van der Waals surface area (Å²) < 4.78 is 26.8. The molecular weight excluding hydrogens is 545 g/mol. The minimum absolute atomic E-state index is 0.0557. The molecule has 7 nitrogen and oxygen atoms in total. The van der Waals surface area contributed by atoms with Crippen molar-refractivity contribution in [3.8, 4) is 0 Å². The van der Waals surface area contributed by atoms with Crippen molar-refractivity contribution in [2.45, 2.75) is 32.9 Å². The van der Waals surface area contributed by atoms with Crippen LogP contribution in [0.2, 0.25) is 10.0 Å². The van der Waals surface area contributed by atoms with Gasteiger partial charge in [-0.3, -0.25) is 13.9 Å². The Balaban J connectivity index is 2.07. The molecular formula is C28H31Cl2N3O4S. The first-order valence-corrected chi connectivity index (χ1v) is 14.7. The maximum atomic E-state index is 14.0. The largest absolute Gasteiger partial charge is 0.355 e. The SMILES string of the molecule is CCNC(=O)C(Cc1ccccc1)N(Cc1cccc(Cl)c1)C(=O)CN(c1cc(Cl)ccc1C)S(C)(=O)=O. The van der Waals surface area contributed by atoms with Gasteiger partial charge in [0.05, 0.1) is 11.9 Å². The molecule has 0 aromatic heterocycles. The maximum absolute atomic E-state index is 14.0. The summed E-state index contributed by atoms with van der Waals surface area (Å²) in [7, 11) is -3.87. The Morgan fingerprint density at radius 3 is 2.21 bits per heavy atom. The molecule has 0 heterocycles. The molecule has 0 saturated carbocycles. The van der Waals surface area contributed by atoms with Crippen LogP contribution in [0.25, 0.3) is 0 Å². The van der Waals surface area contributed by atoms with Gasteiger partial charge in [-0.15, -0.1) is 0 Å². The van der Waals surface area contributed by atoms with Gasteiger partial charge in [0, 0.05) is 29.6 Å². The molecule has 3 rings (SSSR count). The molecule has 3 aromatic carbocycles. The highest BCUT2D eigenvalue weighted by Crippen LogP contribution is 2.27. The lowest BCUT2D eigenvalue weighted by Crippen LogP contribution is -2.53. The van der Waals surface area contributed by atoms with Crippen molar-refractivity contribution in [3.63, 3.8) is 0 Å². The van der Waals surface area contributed by atoms with Crippen molar-refractivity contribution >= 4 is 50.7 Å². The lowest BCUT2D eigenvalue weighted by atomic mass is 10.0. The zero-order valence-electron chi connectivity index (χ0n) is 21.5. The van der Waals surface area contributed by atoms with Crippen molar-refractivity contribution in [3.05, 3.63) is 99.5 Å². The summed E-state index contributed by atoms with van der Waals surface area (Å²) in [5.41, 5.74) is 2.50. The lowest BCUT2D eigenvalue weighted by molar-refractivity contribution is -0.140. The van der Waals surface area contributed by atoms with Gasteiger partial charge in [-0.1, -0.05) is 71.7 Å². The zero-order valence-corrected chi connectivity index (χ0v) is 23.9. The van der Waals surface area contributed by atoms with E-state index in [0.717, 1.165) is 16.1 Å². The summed E-state index contributed by atoms with van der Waals surface area (Å²) in [6.45, 7) is 3.46. The highest BCUT2D eigenvalue weighted by Gasteiger charge is 2.33. The predicted molar refractivity (Wildman–Crippen MR) is 153 cm³/mol. The second kappa shape index (κ2) is 13.1. The first-order chi connectivity index (χ1) is 18.0. The Morgan fingerprint density at radius 2 is 1.58 bits per heavy atom. The molecule has 1 N–H and O–H groups in total. The Hall–Kier alpha value is -3.07. The molecule has 10 heteroatoms. The van der Waals surface area contributed by atoms with Gasteiger partial charge in [0.25, 0.3) is 0 Å². The second-order valence-corrected chi connectivity index (χ2v) is 11.7. The van der Waals surface area contributed by atoms with Crippen LogP contribution in [0.1, 0.15) is 23.6 Å². The smallest absolute Gasteiger partial charge is 0.244 e. The molecule has 0 saturated heterocycles. The van der Waals surface area contributed by atoms with Crippen LogP contribution in [-0.2, 0) is 32.6 Å². The van der Waals surface area contributed by atoms with Gasteiger partial charge in [0.1, 0.15) is 12.6 Å². The van der Waals surface area contributed by atoms with E-state index >= 15 is 0 Å². The van der Waals surface area contributed by atoms with E-state index in [2.05, 4.69) is 5.32 Å². The molecule has 0 radical (unpaired) electrons. The fraction of sp³-hybridized carbons (Fsp3) is 0.286. The van der Waals surface area contributed by atoms with Crippen LogP contribution >= 0.6 is 23.2 Å². The first kappa shape index (κ1) is 29.5. The van der Waals surface area contributed by atoms with Gasteiger partial charge in [-0.2, -0.15) is 0 Å². The molecule has 0 aliphatic rings. The molecule has 0 aliphatic heterocycles. The average Bonchev–Trinajstić information content (AvgIpc) is 2.86.